The van der Waals surface area contributed by atoms with E-state index in [2.05, 4.69) is 60.2 Å². The Morgan fingerprint density at radius 2 is 1.63 bits per heavy atom. The summed E-state index contributed by atoms with van der Waals surface area (Å²) in [5.41, 5.74) is 4.82. The van der Waals surface area contributed by atoms with Gasteiger partial charge in [-0.1, -0.05) is 18.2 Å². The van der Waals surface area contributed by atoms with E-state index in [-0.39, 0.29) is 0 Å². The quantitative estimate of drug-likeness (QED) is 0.654. The van der Waals surface area contributed by atoms with Crippen LogP contribution in [0.1, 0.15) is 5.56 Å². The van der Waals surface area contributed by atoms with Gasteiger partial charge in [-0.3, -0.25) is 0 Å². The van der Waals surface area contributed by atoms with Crippen LogP contribution in [0.4, 0.5) is 5.69 Å². The number of para-hydroxylation sites is 1. The van der Waals surface area contributed by atoms with Gasteiger partial charge in [0.05, 0.1) is 11.0 Å². The lowest BCUT2D eigenvalue weighted by Gasteiger charge is -2.14. The molecule has 0 aliphatic carbocycles. The van der Waals surface area contributed by atoms with Crippen molar-refractivity contribution in [1.82, 2.24) is 9.97 Å². The zero-order chi connectivity index (χ0) is 13.8. The average molecular weight is 291 g/mol. The number of H-pyrrole nitrogens is 2. The summed E-state index contributed by atoms with van der Waals surface area (Å²) >= 11 is 6.52. The van der Waals surface area contributed by atoms with E-state index in [1.165, 1.54) is 11.3 Å². The van der Waals surface area contributed by atoms with Crippen molar-refractivity contribution < 1.29 is 0 Å². The highest BCUT2D eigenvalue weighted by molar-refractivity contribution is 7.71. The Labute approximate surface area is 121 Å². The van der Waals surface area contributed by atoms with E-state index in [0.29, 0.717) is 4.77 Å². The van der Waals surface area contributed by atoms with E-state index in [0.717, 1.165) is 11.0 Å². The minimum Gasteiger partial charge on any atom is -0.377 e. The summed E-state index contributed by atoms with van der Waals surface area (Å²) in [7, 11) is 4.12. The van der Waals surface area contributed by atoms with E-state index < -0.39 is 0 Å². The number of anilines is 1. The highest BCUT2D eigenvalue weighted by atomic mass is 32.1. The van der Waals surface area contributed by atoms with Crippen LogP contribution in [0.5, 0.6) is 0 Å². The number of imidazole rings is 1. The summed E-state index contributed by atoms with van der Waals surface area (Å²) < 4.78 is 0.702. The van der Waals surface area contributed by atoms with Crippen molar-refractivity contribution in [2.45, 2.75) is 6.92 Å². The topological polar surface area (TPSA) is 34.8 Å². The van der Waals surface area contributed by atoms with Gasteiger partial charge in [0, 0.05) is 30.5 Å². The highest BCUT2D eigenvalue weighted by Gasteiger charge is 1.95. The number of hydrogen-bond donors (Lipinski definition) is 2. The number of fused-ring (bicyclic) bond motifs is 1. The van der Waals surface area contributed by atoms with E-state index in [9.17, 15) is 0 Å². The normalized spacial score (nSPS) is 10.1. The summed E-state index contributed by atoms with van der Waals surface area (Å²) in [6, 6.07) is 8.36. The van der Waals surface area contributed by atoms with Gasteiger partial charge in [-0.15, -0.1) is 11.3 Å². The zero-order valence-corrected chi connectivity index (χ0v) is 12.9. The van der Waals surface area contributed by atoms with Gasteiger partial charge in [0.15, 0.2) is 4.77 Å². The van der Waals surface area contributed by atoms with E-state index in [4.69, 9.17) is 12.2 Å². The SMILES string of the molecule is Cc1ccccc1N(C)C.S=c1[nH]c2cscc2[nH]1. The molecule has 1 aromatic carbocycles. The fourth-order valence-electron chi connectivity index (χ4n) is 1.83. The number of aromatic amines is 2. The molecular formula is C14H17N3S2. The third kappa shape index (κ3) is 3.45. The number of rotatable bonds is 1. The first-order chi connectivity index (χ1) is 9.08. The molecule has 19 heavy (non-hydrogen) atoms. The molecule has 0 amide bonds. The Bertz CT molecular complexity index is 675. The predicted octanol–water partition coefficient (Wildman–Crippen LogP) is 4.35. The molecule has 0 fully saturated rings. The van der Waals surface area contributed by atoms with Crippen molar-refractivity contribution in [2.24, 2.45) is 0 Å². The van der Waals surface area contributed by atoms with Crippen LogP contribution in [-0.4, -0.2) is 24.1 Å². The smallest absolute Gasteiger partial charge is 0.175 e. The lowest BCUT2D eigenvalue weighted by Crippen LogP contribution is -2.09. The lowest BCUT2D eigenvalue weighted by molar-refractivity contribution is 1.11. The Morgan fingerprint density at radius 1 is 1.05 bits per heavy atom. The van der Waals surface area contributed by atoms with E-state index in [1.807, 2.05) is 10.8 Å². The third-order valence-electron chi connectivity index (χ3n) is 2.76. The molecule has 0 radical (unpaired) electrons. The summed E-state index contributed by atoms with van der Waals surface area (Å²) in [4.78, 5) is 8.14. The molecule has 5 heteroatoms. The first-order valence-corrected chi connectivity index (χ1v) is 7.30. The number of thiophene rings is 1. The molecule has 0 bridgehead atoms. The Kier molecular flexibility index (Phi) is 4.39. The summed E-state index contributed by atoms with van der Waals surface area (Å²) in [5, 5.41) is 4.06. The third-order valence-corrected chi connectivity index (χ3v) is 3.70. The van der Waals surface area contributed by atoms with Gasteiger partial charge in [-0.25, -0.2) is 0 Å². The lowest BCUT2D eigenvalue weighted by atomic mass is 10.2. The molecule has 0 aliphatic heterocycles. The van der Waals surface area contributed by atoms with E-state index in [1.54, 1.807) is 11.3 Å². The highest BCUT2D eigenvalue weighted by Crippen LogP contribution is 2.15. The van der Waals surface area contributed by atoms with Crippen LogP contribution in [-0.2, 0) is 0 Å². The Morgan fingerprint density at radius 3 is 2.11 bits per heavy atom. The Balaban J connectivity index is 0.000000141. The zero-order valence-electron chi connectivity index (χ0n) is 11.2. The van der Waals surface area contributed by atoms with Gasteiger partial charge in [0.25, 0.3) is 0 Å². The van der Waals surface area contributed by atoms with Crippen LogP contribution in [0.3, 0.4) is 0 Å². The second-order valence-corrected chi connectivity index (χ2v) is 5.61. The van der Waals surface area contributed by atoms with Gasteiger partial charge in [-0.2, -0.15) is 0 Å². The van der Waals surface area contributed by atoms with Crippen molar-refractivity contribution >= 4 is 40.3 Å². The first-order valence-electron chi connectivity index (χ1n) is 5.95. The maximum atomic E-state index is 4.86. The molecule has 3 rings (SSSR count). The summed E-state index contributed by atoms with van der Waals surface area (Å²) in [5.74, 6) is 0. The molecule has 3 aromatic rings. The van der Waals surface area contributed by atoms with Crippen LogP contribution < -0.4 is 4.90 Å². The predicted molar refractivity (Wildman–Crippen MR) is 86.9 cm³/mol. The number of benzene rings is 1. The van der Waals surface area contributed by atoms with Gasteiger partial charge >= 0.3 is 0 Å². The largest absolute Gasteiger partial charge is 0.377 e. The molecule has 0 unspecified atom stereocenters. The van der Waals surface area contributed by atoms with Crippen LogP contribution in [0.2, 0.25) is 0 Å². The minimum absolute atomic E-state index is 0.702. The van der Waals surface area contributed by atoms with E-state index >= 15 is 0 Å². The number of nitrogens with one attached hydrogen (secondary N) is 2. The maximum Gasteiger partial charge on any atom is 0.175 e. The molecule has 0 saturated carbocycles. The second kappa shape index (κ2) is 6.04. The monoisotopic (exact) mass is 291 g/mol. The summed E-state index contributed by atoms with van der Waals surface area (Å²) in [6.07, 6.45) is 0. The molecule has 0 aliphatic rings. The first kappa shape index (κ1) is 13.8. The van der Waals surface area contributed by atoms with Gasteiger partial charge in [0.2, 0.25) is 0 Å². The maximum absolute atomic E-state index is 4.86. The molecule has 3 nitrogen and oxygen atoms in total. The van der Waals surface area contributed by atoms with Gasteiger partial charge in [-0.05, 0) is 30.8 Å². The second-order valence-electron chi connectivity index (χ2n) is 4.46. The standard InChI is InChI=1S/C9H13N.C5H4N2S2/c1-8-6-4-5-7-9(8)10(2)3;8-5-6-3-1-9-2-4(3)7-5/h4-7H,1-3H3;1-2H,(H2,6,7,8). The van der Waals surface area contributed by atoms with Crippen LogP contribution in [0, 0.1) is 11.7 Å². The van der Waals surface area contributed by atoms with Crippen molar-refractivity contribution in [2.75, 3.05) is 19.0 Å². The molecule has 100 valence electrons. The van der Waals surface area contributed by atoms with Gasteiger partial charge < -0.3 is 14.9 Å². The average Bonchev–Trinajstić information content (AvgIpc) is 2.90. The van der Waals surface area contributed by atoms with Crippen molar-refractivity contribution in [3.8, 4) is 0 Å². The number of aryl methyl sites for hydroxylation is 1. The molecule has 2 heterocycles. The van der Waals surface area contributed by atoms with Crippen LogP contribution in [0.15, 0.2) is 35.0 Å². The minimum atomic E-state index is 0.702. The fourth-order valence-corrected chi connectivity index (χ4v) is 2.76. The summed E-state index contributed by atoms with van der Waals surface area (Å²) in [6.45, 7) is 2.12. The fraction of sp³-hybridized carbons (Fsp3) is 0.214. The van der Waals surface area contributed by atoms with Crippen molar-refractivity contribution in [3.05, 3.63) is 45.4 Å². The molecule has 0 saturated heterocycles. The van der Waals surface area contributed by atoms with Crippen LogP contribution >= 0.6 is 23.6 Å². The molecule has 2 N–H and O–H groups in total. The van der Waals surface area contributed by atoms with Gasteiger partial charge in [0.1, 0.15) is 0 Å². The number of aromatic nitrogens is 2. The molecule has 0 spiro atoms. The van der Waals surface area contributed by atoms with Crippen molar-refractivity contribution in [1.29, 1.82) is 0 Å². The number of hydrogen-bond acceptors (Lipinski definition) is 3. The number of nitrogens with zero attached hydrogens (tertiary/aromatic N) is 1. The Hall–Kier alpha value is -1.59. The van der Waals surface area contributed by atoms with Crippen molar-refractivity contribution in [3.63, 3.8) is 0 Å². The molecule has 2 aromatic heterocycles. The van der Waals surface area contributed by atoms with Crippen LogP contribution in [0.25, 0.3) is 11.0 Å². The molecular weight excluding hydrogens is 274 g/mol. The molecule has 0 atom stereocenters.